The number of nitriles is 1. The quantitative estimate of drug-likeness (QED) is 0.644. The molecule has 0 atom stereocenters. The highest BCUT2D eigenvalue weighted by Crippen LogP contribution is 2.27. The average molecular weight is 344 g/mol. The predicted octanol–water partition coefficient (Wildman–Crippen LogP) is 4.46. The third-order valence-electron chi connectivity index (χ3n) is 3.03. The van der Waals surface area contributed by atoms with Crippen molar-refractivity contribution in [1.29, 1.82) is 5.26 Å². The van der Waals surface area contributed by atoms with E-state index in [1.165, 1.54) is 0 Å². The minimum atomic E-state index is 0.568. The van der Waals surface area contributed by atoms with Gasteiger partial charge in [-0.05, 0) is 46.3 Å². The SMILES string of the molecule is Cn1c(C(C#N)=Cc2ccc(Br)s2)nc2ccccc21. The molecule has 0 radical (unpaired) electrons. The lowest BCUT2D eigenvalue weighted by atomic mass is 10.2. The fourth-order valence-corrected chi connectivity index (χ4v) is 3.45. The Hall–Kier alpha value is -1.90. The maximum absolute atomic E-state index is 9.42. The first-order valence-corrected chi connectivity index (χ1v) is 7.59. The van der Waals surface area contributed by atoms with Crippen molar-refractivity contribution >= 4 is 49.9 Å². The number of nitrogens with zero attached hydrogens (tertiary/aromatic N) is 3. The Labute approximate surface area is 128 Å². The predicted molar refractivity (Wildman–Crippen MR) is 86.2 cm³/mol. The van der Waals surface area contributed by atoms with Crippen LogP contribution in [0.1, 0.15) is 10.7 Å². The number of hydrogen-bond acceptors (Lipinski definition) is 3. The molecule has 1 aromatic carbocycles. The molecule has 0 aliphatic heterocycles. The van der Waals surface area contributed by atoms with Gasteiger partial charge in [0.1, 0.15) is 6.07 Å². The number of halogens is 1. The molecule has 0 saturated heterocycles. The van der Waals surface area contributed by atoms with Crippen LogP contribution in [0.2, 0.25) is 0 Å². The highest BCUT2D eigenvalue weighted by molar-refractivity contribution is 9.11. The minimum absolute atomic E-state index is 0.568. The third kappa shape index (κ3) is 2.28. The molecule has 2 heterocycles. The normalized spacial score (nSPS) is 11.8. The molecular weight excluding hydrogens is 334 g/mol. The van der Waals surface area contributed by atoms with Crippen molar-refractivity contribution in [3.8, 4) is 6.07 Å². The summed E-state index contributed by atoms with van der Waals surface area (Å²) >= 11 is 5.02. The summed E-state index contributed by atoms with van der Waals surface area (Å²) in [7, 11) is 1.93. The van der Waals surface area contributed by atoms with Crippen molar-refractivity contribution in [2.45, 2.75) is 0 Å². The van der Waals surface area contributed by atoms with E-state index in [4.69, 9.17) is 0 Å². The zero-order chi connectivity index (χ0) is 14.1. The van der Waals surface area contributed by atoms with Crippen LogP contribution in [0.15, 0.2) is 40.2 Å². The molecule has 0 bridgehead atoms. The van der Waals surface area contributed by atoms with E-state index in [-0.39, 0.29) is 0 Å². The summed E-state index contributed by atoms with van der Waals surface area (Å²) in [6.07, 6.45) is 1.87. The number of para-hydroxylation sites is 2. The van der Waals surface area contributed by atoms with Gasteiger partial charge < -0.3 is 4.57 Å². The molecule has 0 amide bonds. The fraction of sp³-hybridized carbons (Fsp3) is 0.0667. The van der Waals surface area contributed by atoms with Gasteiger partial charge in [-0.3, -0.25) is 0 Å². The summed E-state index contributed by atoms with van der Waals surface area (Å²) in [4.78, 5) is 5.58. The van der Waals surface area contributed by atoms with E-state index in [1.54, 1.807) is 11.3 Å². The molecule has 3 nitrogen and oxygen atoms in total. The van der Waals surface area contributed by atoms with Gasteiger partial charge in [-0.25, -0.2) is 4.98 Å². The second kappa shape index (κ2) is 5.23. The first-order chi connectivity index (χ1) is 9.69. The van der Waals surface area contributed by atoms with Crippen LogP contribution in [0.25, 0.3) is 22.7 Å². The molecule has 5 heteroatoms. The maximum atomic E-state index is 9.42. The minimum Gasteiger partial charge on any atom is -0.327 e. The number of aryl methyl sites for hydroxylation is 1. The summed E-state index contributed by atoms with van der Waals surface area (Å²) in [6.45, 7) is 0. The van der Waals surface area contributed by atoms with Crippen LogP contribution in [0.5, 0.6) is 0 Å². The van der Waals surface area contributed by atoms with Gasteiger partial charge in [0.15, 0.2) is 5.82 Å². The summed E-state index contributed by atoms with van der Waals surface area (Å²) in [5, 5.41) is 9.42. The molecule has 0 fully saturated rings. The number of thiophene rings is 1. The number of fused-ring (bicyclic) bond motifs is 1. The molecule has 20 heavy (non-hydrogen) atoms. The van der Waals surface area contributed by atoms with Crippen LogP contribution < -0.4 is 0 Å². The average Bonchev–Trinajstić information content (AvgIpc) is 3.01. The summed E-state index contributed by atoms with van der Waals surface area (Å²) in [5.74, 6) is 0.693. The molecule has 3 aromatic rings. The number of hydrogen-bond donors (Lipinski definition) is 0. The molecular formula is C15H10BrN3S. The first kappa shape index (κ1) is 13.1. The van der Waals surface area contributed by atoms with Crippen molar-refractivity contribution in [1.82, 2.24) is 9.55 Å². The van der Waals surface area contributed by atoms with Gasteiger partial charge in [0.25, 0.3) is 0 Å². The number of aromatic nitrogens is 2. The maximum Gasteiger partial charge on any atom is 0.151 e. The zero-order valence-electron chi connectivity index (χ0n) is 10.7. The fourth-order valence-electron chi connectivity index (χ4n) is 2.08. The Morgan fingerprint density at radius 3 is 2.80 bits per heavy atom. The number of rotatable bonds is 2. The monoisotopic (exact) mass is 343 g/mol. The Bertz CT molecular complexity index is 852. The molecule has 0 N–H and O–H groups in total. The molecule has 98 valence electrons. The molecule has 0 saturated carbocycles. The van der Waals surface area contributed by atoms with Crippen LogP contribution in [0, 0.1) is 11.3 Å². The van der Waals surface area contributed by atoms with E-state index >= 15 is 0 Å². The van der Waals surface area contributed by atoms with E-state index in [1.807, 2.05) is 54.1 Å². The highest BCUT2D eigenvalue weighted by Gasteiger charge is 2.12. The smallest absolute Gasteiger partial charge is 0.151 e. The lowest BCUT2D eigenvalue weighted by molar-refractivity contribution is 0.925. The Balaban J connectivity index is 2.15. The number of imidazole rings is 1. The largest absolute Gasteiger partial charge is 0.327 e. The van der Waals surface area contributed by atoms with Gasteiger partial charge in [-0.2, -0.15) is 5.26 Å². The molecule has 0 unspecified atom stereocenters. The van der Waals surface area contributed by atoms with Gasteiger partial charge >= 0.3 is 0 Å². The summed E-state index contributed by atoms with van der Waals surface area (Å²) in [6, 6.07) is 14.1. The molecule has 0 aliphatic carbocycles. The third-order valence-corrected chi connectivity index (χ3v) is 4.60. The van der Waals surface area contributed by atoms with Crippen molar-refractivity contribution < 1.29 is 0 Å². The lowest BCUT2D eigenvalue weighted by Gasteiger charge is -1.99. The van der Waals surface area contributed by atoms with Gasteiger partial charge in [-0.1, -0.05) is 12.1 Å². The molecule has 2 aromatic heterocycles. The van der Waals surface area contributed by atoms with E-state index < -0.39 is 0 Å². The molecule has 0 spiro atoms. The summed E-state index contributed by atoms with van der Waals surface area (Å²) in [5.41, 5.74) is 2.49. The van der Waals surface area contributed by atoms with Crippen LogP contribution in [-0.2, 0) is 7.05 Å². The van der Waals surface area contributed by atoms with Crippen LogP contribution in [0.4, 0.5) is 0 Å². The van der Waals surface area contributed by atoms with E-state index in [9.17, 15) is 5.26 Å². The Morgan fingerprint density at radius 2 is 2.15 bits per heavy atom. The highest BCUT2D eigenvalue weighted by atomic mass is 79.9. The zero-order valence-corrected chi connectivity index (χ0v) is 13.1. The van der Waals surface area contributed by atoms with E-state index in [0.29, 0.717) is 11.4 Å². The van der Waals surface area contributed by atoms with Crippen molar-refractivity contribution in [3.63, 3.8) is 0 Å². The van der Waals surface area contributed by atoms with Crippen molar-refractivity contribution in [2.75, 3.05) is 0 Å². The second-order valence-electron chi connectivity index (χ2n) is 4.29. The Morgan fingerprint density at radius 1 is 1.35 bits per heavy atom. The molecule has 0 aliphatic rings. The van der Waals surface area contributed by atoms with Gasteiger partial charge in [0.2, 0.25) is 0 Å². The van der Waals surface area contributed by atoms with Gasteiger partial charge in [-0.15, -0.1) is 11.3 Å². The topological polar surface area (TPSA) is 41.6 Å². The summed E-state index contributed by atoms with van der Waals surface area (Å²) < 4.78 is 3.00. The van der Waals surface area contributed by atoms with Gasteiger partial charge in [0, 0.05) is 11.9 Å². The van der Waals surface area contributed by atoms with E-state index in [2.05, 4.69) is 27.0 Å². The standard InChI is InChI=1S/C15H10BrN3S/c1-19-13-5-3-2-4-12(13)18-15(19)10(9-17)8-11-6-7-14(16)20-11/h2-8H,1H3. The number of allylic oxidation sites excluding steroid dienone is 1. The first-order valence-electron chi connectivity index (χ1n) is 5.98. The molecule has 3 rings (SSSR count). The second-order valence-corrected chi connectivity index (χ2v) is 6.79. The van der Waals surface area contributed by atoms with E-state index in [0.717, 1.165) is 19.7 Å². The van der Waals surface area contributed by atoms with Gasteiger partial charge in [0.05, 0.1) is 20.4 Å². The lowest BCUT2D eigenvalue weighted by Crippen LogP contribution is -1.95. The van der Waals surface area contributed by atoms with Crippen LogP contribution >= 0.6 is 27.3 Å². The van der Waals surface area contributed by atoms with Crippen molar-refractivity contribution in [2.24, 2.45) is 7.05 Å². The van der Waals surface area contributed by atoms with Crippen molar-refractivity contribution in [3.05, 3.63) is 50.9 Å². The Kier molecular flexibility index (Phi) is 3.43. The number of benzene rings is 1. The van der Waals surface area contributed by atoms with Crippen LogP contribution in [0.3, 0.4) is 0 Å². The van der Waals surface area contributed by atoms with Crippen LogP contribution in [-0.4, -0.2) is 9.55 Å².